The third-order valence-corrected chi connectivity index (χ3v) is 6.69. The molecule has 4 rings (SSSR count). The average molecular weight is 522 g/mol. The number of methoxy groups -OCH3 is 1. The number of benzene rings is 2. The summed E-state index contributed by atoms with van der Waals surface area (Å²) in [6, 6.07) is 8.04. The molecule has 1 saturated carbocycles. The molecule has 3 amide bonds. The smallest absolute Gasteiger partial charge is 0.410 e. The Morgan fingerprint density at radius 3 is 2.46 bits per heavy atom. The first-order valence-corrected chi connectivity index (χ1v) is 11.8. The van der Waals surface area contributed by atoms with Crippen LogP contribution in [0.4, 0.5) is 28.0 Å². The van der Waals surface area contributed by atoms with Crippen molar-refractivity contribution in [1.29, 1.82) is 0 Å². The number of nitrogens with zero attached hydrogens (tertiary/aromatic N) is 2. The Hall–Kier alpha value is -3.63. The lowest BCUT2D eigenvalue weighted by Crippen LogP contribution is -2.56. The van der Waals surface area contributed by atoms with Crippen LogP contribution in [-0.4, -0.2) is 60.6 Å². The van der Waals surface area contributed by atoms with E-state index in [4.69, 9.17) is 4.74 Å². The van der Waals surface area contributed by atoms with E-state index in [1.165, 1.54) is 12.1 Å². The number of hydrogen-bond donors (Lipinski definition) is 1. The van der Waals surface area contributed by atoms with Gasteiger partial charge in [-0.2, -0.15) is 0 Å². The number of rotatable bonds is 6. The van der Waals surface area contributed by atoms with Crippen LogP contribution in [0.25, 0.3) is 0 Å². The predicted molar refractivity (Wildman–Crippen MR) is 126 cm³/mol. The van der Waals surface area contributed by atoms with Crippen LogP contribution in [-0.2, 0) is 14.3 Å². The topological polar surface area (TPSA) is 79.0 Å². The number of amides is 3. The molecule has 2 fully saturated rings. The first-order valence-electron chi connectivity index (χ1n) is 11.8. The van der Waals surface area contributed by atoms with Crippen LogP contribution in [0.3, 0.4) is 0 Å². The Kier molecular flexibility index (Phi) is 7.42. The SMILES string of the molecule is COC(=O)N1C[C@@H](F)C[C@H]1C(=O)N(c1cccc(F)c1)[C@H](C(=O)NC1CC(F)(F)C1)c1ccccc1C. The lowest BCUT2D eigenvalue weighted by Gasteiger charge is -2.39. The Morgan fingerprint density at radius 2 is 1.84 bits per heavy atom. The summed E-state index contributed by atoms with van der Waals surface area (Å²) in [5.74, 6) is -5.18. The molecule has 0 aromatic heterocycles. The number of alkyl halides is 3. The molecule has 1 N–H and O–H groups in total. The number of hydrogen-bond acceptors (Lipinski definition) is 4. The van der Waals surface area contributed by atoms with Crippen molar-refractivity contribution in [1.82, 2.24) is 10.2 Å². The maximum Gasteiger partial charge on any atom is 0.410 e. The van der Waals surface area contributed by atoms with Gasteiger partial charge in [0, 0.05) is 31.0 Å². The van der Waals surface area contributed by atoms with Crippen LogP contribution in [0.2, 0.25) is 0 Å². The highest BCUT2D eigenvalue weighted by atomic mass is 19.3. The largest absolute Gasteiger partial charge is 0.453 e. The highest BCUT2D eigenvalue weighted by Crippen LogP contribution is 2.39. The summed E-state index contributed by atoms with van der Waals surface area (Å²) in [5, 5.41) is 2.58. The predicted octanol–water partition coefficient (Wildman–Crippen LogP) is 4.30. The molecule has 3 atom stereocenters. The Labute approximate surface area is 211 Å². The number of nitrogens with one attached hydrogen (secondary N) is 1. The lowest BCUT2D eigenvalue weighted by atomic mass is 9.87. The number of likely N-dealkylation sites (tertiary alicyclic amines) is 1. The van der Waals surface area contributed by atoms with E-state index in [0.717, 1.165) is 29.0 Å². The second-order valence-electron chi connectivity index (χ2n) is 9.39. The molecule has 11 heteroatoms. The molecule has 37 heavy (non-hydrogen) atoms. The average Bonchev–Trinajstić information content (AvgIpc) is 3.22. The molecular weight excluding hydrogens is 494 g/mol. The third-order valence-electron chi connectivity index (χ3n) is 6.69. The summed E-state index contributed by atoms with van der Waals surface area (Å²) in [7, 11) is 1.09. The van der Waals surface area contributed by atoms with Crippen LogP contribution < -0.4 is 10.2 Å². The number of halogens is 4. The molecule has 1 heterocycles. The van der Waals surface area contributed by atoms with Crippen molar-refractivity contribution in [2.45, 2.75) is 56.4 Å². The van der Waals surface area contributed by atoms with Crippen LogP contribution in [0.5, 0.6) is 0 Å². The van der Waals surface area contributed by atoms with E-state index >= 15 is 0 Å². The van der Waals surface area contributed by atoms with Crippen molar-refractivity contribution in [2.75, 3.05) is 18.6 Å². The molecule has 0 unspecified atom stereocenters. The van der Waals surface area contributed by atoms with Gasteiger partial charge in [0.25, 0.3) is 11.8 Å². The molecule has 2 aromatic carbocycles. The van der Waals surface area contributed by atoms with Gasteiger partial charge in [-0.05, 0) is 36.2 Å². The second-order valence-corrected chi connectivity index (χ2v) is 9.39. The van der Waals surface area contributed by atoms with Gasteiger partial charge in [0.05, 0.1) is 13.7 Å². The standard InChI is InChI=1S/C26H27F4N3O4/c1-15-6-3-4-9-20(15)22(23(34)31-18-12-26(29,30)13-18)33(19-8-5-7-16(27)10-19)24(35)21-11-17(28)14-32(21)25(36)37-2/h3-10,17-18,21-22H,11-14H2,1-2H3,(H,31,34)/t17-,21-,22-/m0/s1. The maximum atomic E-state index is 14.4. The van der Waals surface area contributed by atoms with E-state index in [1.807, 2.05) is 0 Å². The molecule has 2 aliphatic rings. The molecule has 0 radical (unpaired) electrons. The molecule has 1 saturated heterocycles. The fraction of sp³-hybridized carbons (Fsp3) is 0.423. The fourth-order valence-corrected chi connectivity index (χ4v) is 4.86. The van der Waals surface area contributed by atoms with Crippen LogP contribution in [0.1, 0.15) is 36.4 Å². The molecule has 198 valence electrons. The van der Waals surface area contributed by atoms with Crippen LogP contribution in [0.15, 0.2) is 48.5 Å². The molecule has 2 aromatic rings. The normalized spacial score (nSPS) is 21.6. The Morgan fingerprint density at radius 1 is 1.14 bits per heavy atom. The summed E-state index contributed by atoms with van der Waals surface area (Å²) in [6.07, 6.45) is -3.89. The maximum absolute atomic E-state index is 14.4. The summed E-state index contributed by atoms with van der Waals surface area (Å²) in [6.45, 7) is 1.31. The van der Waals surface area contributed by atoms with Crippen molar-refractivity contribution < 1.29 is 36.7 Å². The van der Waals surface area contributed by atoms with Crippen molar-refractivity contribution in [2.24, 2.45) is 0 Å². The van der Waals surface area contributed by atoms with Gasteiger partial charge < -0.3 is 10.1 Å². The van der Waals surface area contributed by atoms with Gasteiger partial charge in [0.2, 0.25) is 5.91 Å². The highest BCUT2D eigenvalue weighted by Gasteiger charge is 2.49. The van der Waals surface area contributed by atoms with Gasteiger partial charge in [0.15, 0.2) is 0 Å². The fourth-order valence-electron chi connectivity index (χ4n) is 4.86. The minimum atomic E-state index is -2.89. The lowest BCUT2D eigenvalue weighted by molar-refractivity contribution is -0.133. The molecule has 0 bridgehead atoms. The van der Waals surface area contributed by atoms with E-state index in [2.05, 4.69) is 5.32 Å². The van der Waals surface area contributed by atoms with E-state index in [0.29, 0.717) is 11.1 Å². The molecule has 7 nitrogen and oxygen atoms in total. The van der Waals surface area contributed by atoms with E-state index < -0.39 is 73.3 Å². The Bertz CT molecular complexity index is 1190. The molecule has 1 aliphatic carbocycles. The van der Waals surface area contributed by atoms with Gasteiger partial charge in [0.1, 0.15) is 24.1 Å². The first-order chi connectivity index (χ1) is 17.5. The first kappa shape index (κ1) is 26.4. The number of anilines is 1. The van der Waals surface area contributed by atoms with E-state index in [-0.39, 0.29) is 12.1 Å². The summed E-state index contributed by atoms with van der Waals surface area (Å²) < 4.78 is 60.4. The summed E-state index contributed by atoms with van der Waals surface area (Å²) in [5.41, 5.74) is 0.956. The zero-order valence-electron chi connectivity index (χ0n) is 20.3. The van der Waals surface area contributed by atoms with E-state index in [1.54, 1.807) is 31.2 Å². The summed E-state index contributed by atoms with van der Waals surface area (Å²) in [4.78, 5) is 41.9. The minimum Gasteiger partial charge on any atom is -0.453 e. The quantitative estimate of drug-likeness (QED) is 0.575. The highest BCUT2D eigenvalue weighted by molar-refractivity contribution is 6.05. The van der Waals surface area contributed by atoms with Gasteiger partial charge >= 0.3 is 6.09 Å². The van der Waals surface area contributed by atoms with Gasteiger partial charge in [-0.3, -0.25) is 19.4 Å². The van der Waals surface area contributed by atoms with Gasteiger partial charge in [-0.1, -0.05) is 30.3 Å². The van der Waals surface area contributed by atoms with Gasteiger partial charge in [-0.15, -0.1) is 0 Å². The number of aryl methyl sites for hydroxylation is 1. The second kappa shape index (κ2) is 10.4. The third kappa shape index (κ3) is 5.55. The molecule has 1 aliphatic heterocycles. The zero-order chi connectivity index (χ0) is 26.9. The molecule has 0 spiro atoms. The van der Waals surface area contributed by atoms with Crippen molar-refractivity contribution in [3.8, 4) is 0 Å². The van der Waals surface area contributed by atoms with Crippen LogP contribution >= 0.6 is 0 Å². The monoisotopic (exact) mass is 521 g/mol. The van der Waals surface area contributed by atoms with E-state index in [9.17, 15) is 31.9 Å². The number of carbonyl (C=O) groups is 3. The number of ether oxygens (including phenoxy) is 1. The van der Waals surface area contributed by atoms with Crippen molar-refractivity contribution in [3.05, 3.63) is 65.5 Å². The van der Waals surface area contributed by atoms with Crippen molar-refractivity contribution >= 4 is 23.6 Å². The minimum absolute atomic E-state index is 0.0144. The Balaban J connectivity index is 1.80. The zero-order valence-corrected chi connectivity index (χ0v) is 20.3. The van der Waals surface area contributed by atoms with Crippen LogP contribution in [0, 0.1) is 12.7 Å². The summed E-state index contributed by atoms with van der Waals surface area (Å²) >= 11 is 0. The van der Waals surface area contributed by atoms with Crippen molar-refractivity contribution in [3.63, 3.8) is 0 Å². The van der Waals surface area contributed by atoms with Gasteiger partial charge in [-0.25, -0.2) is 22.4 Å². The molecular formula is C26H27F4N3O4. The number of carbonyl (C=O) groups excluding carboxylic acids is 3.